The van der Waals surface area contributed by atoms with Crippen molar-refractivity contribution < 1.29 is 4.92 Å². The second-order valence-electron chi connectivity index (χ2n) is 4.83. The van der Waals surface area contributed by atoms with E-state index in [1.807, 2.05) is 23.9 Å². The van der Waals surface area contributed by atoms with Crippen LogP contribution in [0.4, 0.5) is 11.4 Å². The van der Waals surface area contributed by atoms with Gasteiger partial charge in [-0.3, -0.25) is 10.1 Å². The Morgan fingerprint density at radius 2 is 2.10 bits per heavy atom. The average molecular weight is 321 g/mol. The summed E-state index contributed by atoms with van der Waals surface area (Å²) in [4.78, 5) is 10.3. The molecule has 0 aromatic heterocycles. The summed E-state index contributed by atoms with van der Waals surface area (Å²) in [6.07, 6.45) is 0. The number of nitro groups is 1. The number of nitrogens with one attached hydrogen (secondary N) is 1. The number of nitro benzene ring substituents is 1. The SMILES string of the molecule is O=[N+]([O-])c1ccc(NC2CSCc3ccccc32)cc1Cl. The first-order chi connectivity index (χ1) is 10.1. The van der Waals surface area contributed by atoms with Gasteiger partial charge < -0.3 is 5.32 Å². The smallest absolute Gasteiger partial charge is 0.288 e. The fraction of sp³-hybridized carbons (Fsp3) is 0.200. The third-order valence-corrected chi connectivity index (χ3v) is 4.84. The molecule has 1 aliphatic rings. The summed E-state index contributed by atoms with van der Waals surface area (Å²) in [6.45, 7) is 0. The van der Waals surface area contributed by atoms with Gasteiger partial charge in [-0.1, -0.05) is 35.9 Å². The van der Waals surface area contributed by atoms with Gasteiger partial charge in [0.25, 0.3) is 5.69 Å². The maximum absolute atomic E-state index is 10.8. The lowest BCUT2D eigenvalue weighted by Gasteiger charge is -2.27. The van der Waals surface area contributed by atoms with E-state index in [1.165, 1.54) is 17.2 Å². The topological polar surface area (TPSA) is 55.2 Å². The molecule has 108 valence electrons. The lowest BCUT2D eigenvalue weighted by molar-refractivity contribution is -0.384. The van der Waals surface area contributed by atoms with Crippen LogP contribution in [-0.4, -0.2) is 10.7 Å². The molecule has 2 aromatic carbocycles. The molecule has 1 heterocycles. The quantitative estimate of drug-likeness (QED) is 0.660. The summed E-state index contributed by atoms with van der Waals surface area (Å²) < 4.78 is 0. The van der Waals surface area contributed by atoms with E-state index in [1.54, 1.807) is 12.1 Å². The number of hydrogen-bond donors (Lipinski definition) is 1. The molecule has 0 saturated carbocycles. The zero-order valence-electron chi connectivity index (χ0n) is 11.1. The Hall–Kier alpha value is -1.72. The number of nitrogens with zero attached hydrogens (tertiary/aromatic N) is 1. The summed E-state index contributed by atoms with van der Waals surface area (Å²) in [6, 6.07) is 13.3. The van der Waals surface area contributed by atoms with Gasteiger partial charge in [-0.15, -0.1) is 0 Å². The van der Waals surface area contributed by atoms with E-state index >= 15 is 0 Å². The number of anilines is 1. The van der Waals surface area contributed by atoms with Crippen molar-refractivity contribution in [2.45, 2.75) is 11.8 Å². The zero-order chi connectivity index (χ0) is 14.8. The zero-order valence-corrected chi connectivity index (χ0v) is 12.7. The molecule has 0 saturated heterocycles. The molecule has 0 bridgehead atoms. The van der Waals surface area contributed by atoms with Crippen molar-refractivity contribution in [3.05, 3.63) is 68.7 Å². The average Bonchev–Trinajstić information content (AvgIpc) is 2.47. The fourth-order valence-corrected chi connectivity index (χ4v) is 3.80. The molecule has 0 fully saturated rings. The van der Waals surface area contributed by atoms with E-state index < -0.39 is 4.92 Å². The van der Waals surface area contributed by atoms with Gasteiger partial charge in [-0.25, -0.2) is 0 Å². The van der Waals surface area contributed by atoms with Gasteiger partial charge in [0.2, 0.25) is 0 Å². The summed E-state index contributed by atoms with van der Waals surface area (Å²) in [5, 5.41) is 14.4. The Morgan fingerprint density at radius 3 is 2.86 bits per heavy atom. The van der Waals surface area contributed by atoms with Gasteiger partial charge in [0.15, 0.2) is 0 Å². The van der Waals surface area contributed by atoms with Crippen molar-refractivity contribution in [3.63, 3.8) is 0 Å². The molecule has 6 heteroatoms. The molecular weight excluding hydrogens is 308 g/mol. The van der Waals surface area contributed by atoms with Crippen LogP contribution >= 0.6 is 23.4 Å². The van der Waals surface area contributed by atoms with Crippen LogP contribution in [0.15, 0.2) is 42.5 Å². The van der Waals surface area contributed by atoms with Gasteiger partial charge in [-0.2, -0.15) is 11.8 Å². The Kier molecular flexibility index (Phi) is 4.03. The predicted octanol–water partition coefficient (Wildman–Crippen LogP) is 4.65. The highest BCUT2D eigenvalue weighted by Crippen LogP contribution is 2.35. The standard InChI is InChI=1S/C15H13ClN2O2S/c16-13-7-11(5-6-15(13)18(19)20)17-14-9-21-8-10-3-1-2-4-12(10)14/h1-7,14,17H,8-9H2. The minimum absolute atomic E-state index is 0.0689. The molecule has 0 aliphatic carbocycles. The maximum atomic E-state index is 10.8. The first-order valence-corrected chi connectivity index (χ1v) is 8.04. The first-order valence-electron chi connectivity index (χ1n) is 6.51. The normalized spacial score (nSPS) is 17.1. The fourth-order valence-electron chi connectivity index (χ4n) is 2.45. The van der Waals surface area contributed by atoms with Crippen molar-refractivity contribution in [1.29, 1.82) is 0 Å². The van der Waals surface area contributed by atoms with Crippen LogP contribution in [0.3, 0.4) is 0 Å². The minimum atomic E-state index is -0.474. The Labute approximate surface area is 131 Å². The molecule has 3 rings (SSSR count). The highest BCUT2D eigenvalue weighted by Gasteiger charge is 2.20. The monoisotopic (exact) mass is 320 g/mol. The van der Waals surface area contributed by atoms with E-state index in [4.69, 9.17) is 11.6 Å². The van der Waals surface area contributed by atoms with E-state index in [0.717, 1.165) is 17.2 Å². The third kappa shape index (κ3) is 2.99. The highest BCUT2D eigenvalue weighted by molar-refractivity contribution is 7.98. The van der Waals surface area contributed by atoms with Crippen LogP contribution < -0.4 is 5.32 Å². The van der Waals surface area contributed by atoms with Gasteiger partial charge in [0.1, 0.15) is 5.02 Å². The van der Waals surface area contributed by atoms with Gasteiger partial charge in [0, 0.05) is 23.3 Å². The van der Waals surface area contributed by atoms with Crippen LogP contribution in [-0.2, 0) is 5.75 Å². The second kappa shape index (κ2) is 5.95. The minimum Gasteiger partial charge on any atom is -0.377 e. The number of benzene rings is 2. The molecule has 4 nitrogen and oxygen atoms in total. The first kappa shape index (κ1) is 14.2. The van der Waals surface area contributed by atoms with Gasteiger partial charge >= 0.3 is 0 Å². The molecule has 2 aromatic rings. The van der Waals surface area contributed by atoms with Crippen molar-refractivity contribution in [1.82, 2.24) is 0 Å². The Morgan fingerprint density at radius 1 is 1.29 bits per heavy atom. The molecule has 1 atom stereocenters. The van der Waals surface area contributed by atoms with E-state index in [-0.39, 0.29) is 16.8 Å². The molecule has 0 spiro atoms. The summed E-state index contributed by atoms with van der Waals surface area (Å²) >= 11 is 7.83. The number of fused-ring (bicyclic) bond motifs is 1. The molecular formula is C15H13ClN2O2S. The van der Waals surface area contributed by atoms with Crippen molar-refractivity contribution in [3.8, 4) is 0 Å². The van der Waals surface area contributed by atoms with Crippen LogP contribution in [0.5, 0.6) is 0 Å². The number of hydrogen-bond acceptors (Lipinski definition) is 4. The van der Waals surface area contributed by atoms with E-state index in [9.17, 15) is 10.1 Å². The van der Waals surface area contributed by atoms with Crippen molar-refractivity contribution in [2.75, 3.05) is 11.1 Å². The lowest BCUT2D eigenvalue weighted by Crippen LogP contribution is -2.18. The number of rotatable bonds is 3. The van der Waals surface area contributed by atoms with Crippen LogP contribution in [0.1, 0.15) is 17.2 Å². The summed E-state index contributed by atoms with van der Waals surface area (Å²) in [5.74, 6) is 1.99. The molecule has 1 aliphatic heterocycles. The Balaban J connectivity index is 1.85. The number of thioether (sulfide) groups is 1. The van der Waals surface area contributed by atoms with Crippen LogP contribution in [0.2, 0.25) is 5.02 Å². The molecule has 1 unspecified atom stereocenters. The van der Waals surface area contributed by atoms with Gasteiger partial charge in [-0.05, 0) is 23.3 Å². The Bertz CT molecular complexity index is 693. The largest absolute Gasteiger partial charge is 0.377 e. The van der Waals surface area contributed by atoms with Crippen molar-refractivity contribution in [2.24, 2.45) is 0 Å². The van der Waals surface area contributed by atoms with Gasteiger partial charge in [0.05, 0.1) is 11.0 Å². The number of halogens is 1. The molecule has 0 amide bonds. The summed E-state index contributed by atoms with van der Waals surface area (Å²) in [7, 11) is 0. The predicted molar refractivity (Wildman–Crippen MR) is 87.1 cm³/mol. The second-order valence-corrected chi connectivity index (χ2v) is 6.27. The van der Waals surface area contributed by atoms with Crippen LogP contribution in [0, 0.1) is 10.1 Å². The van der Waals surface area contributed by atoms with E-state index in [0.29, 0.717) is 0 Å². The molecule has 0 radical (unpaired) electrons. The van der Waals surface area contributed by atoms with E-state index in [2.05, 4.69) is 17.4 Å². The lowest BCUT2D eigenvalue weighted by atomic mass is 10.0. The molecule has 21 heavy (non-hydrogen) atoms. The van der Waals surface area contributed by atoms with Crippen molar-refractivity contribution >= 4 is 34.7 Å². The highest BCUT2D eigenvalue weighted by atomic mass is 35.5. The van der Waals surface area contributed by atoms with Crippen LogP contribution in [0.25, 0.3) is 0 Å². The summed E-state index contributed by atoms with van der Waals surface area (Å²) in [5.41, 5.74) is 3.35. The maximum Gasteiger partial charge on any atom is 0.288 e. The molecule has 1 N–H and O–H groups in total. The third-order valence-electron chi connectivity index (χ3n) is 3.46.